The van der Waals surface area contributed by atoms with Gasteiger partial charge in [-0.1, -0.05) is 0 Å². The van der Waals surface area contributed by atoms with Gasteiger partial charge in [0.2, 0.25) is 0 Å². The zero-order valence-corrected chi connectivity index (χ0v) is 8.92. The normalized spacial score (nSPS) is 10.8. The van der Waals surface area contributed by atoms with E-state index < -0.39 is 0 Å². The molecule has 4 heteroatoms. The molecule has 74 valence electrons. The molecular formula is C10H14N4. The summed E-state index contributed by atoms with van der Waals surface area (Å²) in [6.45, 7) is 7.86. The van der Waals surface area contributed by atoms with Crippen LogP contribution >= 0.6 is 0 Å². The Morgan fingerprint density at radius 3 is 2.57 bits per heavy atom. The summed E-state index contributed by atoms with van der Waals surface area (Å²) in [5.74, 6) is 1.27. The molecule has 0 spiro atoms. The molecule has 0 atom stereocenters. The summed E-state index contributed by atoms with van der Waals surface area (Å²) in [6, 6.07) is 2.06. The number of aryl methyl sites for hydroxylation is 1. The summed E-state index contributed by atoms with van der Waals surface area (Å²) in [5, 5.41) is 12.0. The Morgan fingerprint density at radius 2 is 2.07 bits per heavy atom. The lowest BCUT2D eigenvalue weighted by atomic mass is 10.1. The Labute approximate surface area is 84.0 Å². The van der Waals surface area contributed by atoms with E-state index in [9.17, 15) is 0 Å². The van der Waals surface area contributed by atoms with Crippen molar-refractivity contribution in [2.24, 2.45) is 0 Å². The van der Waals surface area contributed by atoms with Crippen molar-refractivity contribution in [1.82, 2.24) is 9.97 Å². The van der Waals surface area contributed by atoms with Crippen LogP contribution in [0.4, 0.5) is 5.82 Å². The Balaban J connectivity index is 3.07. The summed E-state index contributed by atoms with van der Waals surface area (Å²) in [7, 11) is 0. The van der Waals surface area contributed by atoms with E-state index in [0.717, 1.165) is 0 Å². The van der Waals surface area contributed by atoms with Gasteiger partial charge < -0.3 is 5.32 Å². The number of aromatic nitrogens is 2. The predicted molar refractivity (Wildman–Crippen MR) is 54.9 cm³/mol. The van der Waals surface area contributed by atoms with Crippen molar-refractivity contribution in [2.75, 3.05) is 5.32 Å². The van der Waals surface area contributed by atoms with Crippen LogP contribution in [0.25, 0.3) is 0 Å². The minimum Gasteiger partial charge on any atom is -0.364 e. The van der Waals surface area contributed by atoms with Crippen molar-refractivity contribution >= 4 is 5.82 Å². The SMILES string of the molecule is Cc1ncc(C#N)c(NC(C)(C)C)n1. The number of hydrogen-bond donors (Lipinski definition) is 1. The molecule has 0 bridgehead atoms. The Bertz CT molecular complexity index is 371. The number of anilines is 1. The van der Waals surface area contributed by atoms with E-state index >= 15 is 0 Å². The van der Waals surface area contributed by atoms with Crippen molar-refractivity contribution < 1.29 is 0 Å². The van der Waals surface area contributed by atoms with Gasteiger partial charge in [-0.15, -0.1) is 0 Å². The molecule has 0 aliphatic carbocycles. The molecule has 1 aromatic heterocycles. The van der Waals surface area contributed by atoms with Crippen molar-refractivity contribution in [1.29, 1.82) is 5.26 Å². The van der Waals surface area contributed by atoms with Crippen LogP contribution in [0.15, 0.2) is 6.20 Å². The van der Waals surface area contributed by atoms with E-state index in [1.54, 1.807) is 6.92 Å². The monoisotopic (exact) mass is 190 g/mol. The van der Waals surface area contributed by atoms with Crippen LogP contribution in [0.3, 0.4) is 0 Å². The third kappa shape index (κ3) is 2.70. The lowest BCUT2D eigenvalue weighted by Crippen LogP contribution is -2.27. The Morgan fingerprint density at radius 1 is 1.43 bits per heavy atom. The minimum absolute atomic E-state index is 0.105. The second-order valence-corrected chi connectivity index (χ2v) is 4.17. The van der Waals surface area contributed by atoms with E-state index in [2.05, 4.69) is 21.4 Å². The molecule has 14 heavy (non-hydrogen) atoms. The number of nitriles is 1. The quantitative estimate of drug-likeness (QED) is 0.734. The van der Waals surface area contributed by atoms with Gasteiger partial charge in [0.25, 0.3) is 0 Å². The highest BCUT2D eigenvalue weighted by molar-refractivity contribution is 5.51. The van der Waals surface area contributed by atoms with Crippen molar-refractivity contribution in [3.63, 3.8) is 0 Å². The van der Waals surface area contributed by atoms with Crippen LogP contribution in [0, 0.1) is 18.3 Å². The van der Waals surface area contributed by atoms with Gasteiger partial charge in [-0.2, -0.15) is 5.26 Å². The Kier molecular flexibility index (Phi) is 2.70. The number of nitrogens with zero attached hydrogens (tertiary/aromatic N) is 3. The zero-order valence-electron chi connectivity index (χ0n) is 8.92. The number of hydrogen-bond acceptors (Lipinski definition) is 4. The van der Waals surface area contributed by atoms with Crippen molar-refractivity contribution in [2.45, 2.75) is 33.2 Å². The highest BCUT2D eigenvalue weighted by Crippen LogP contribution is 2.15. The molecule has 0 radical (unpaired) electrons. The lowest BCUT2D eigenvalue weighted by molar-refractivity contribution is 0.629. The number of rotatable bonds is 1. The fourth-order valence-corrected chi connectivity index (χ4v) is 1.00. The second kappa shape index (κ2) is 3.62. The fourth-order valence-electron chi connectivity index (χ4n) is 1.00. The first-order valence-electron chi connectivity index (χ1n) is 4.44. The first kappa shape index (κ1) is 10.5. The van der Waals surface area contributed by atoms with E-state index in [1.807, 2.05) is 20.8 Å². The molecule has 1 rings (SSSR count). The molecular weight excluding hydrogens is 176 g/mol. The maximum absolute atomic E-state index is 8.84. The van der Waals surface area contributed by atoms with Crippen molar-refractivity contribution in [3.05, 3.63) is 17.6 Å². The summed E-state index contributed by atoms with van der Waals surface area (Å²) in [6.07, 6.45) is 1.54. The van der Waals surface area contributed by atoms with Crippen LogP contribution in [-0.4, -0.2) is 15.5 Å². The molecule has 0 saturated carbocycles. The smallest absolute Gasteiger partial charge is 0.148 e. The average molecular weight is 190 g/mol. The largest absolute Gasteiger partial charge is 0.364 e. The summed E-state index contributed by atoms with van der Waals surface area (Å²) >= 11 is 0. The van der Waals surface area contributed by atoms with Gasteiger partial charge in [-0.3, -0.25) is 0 Å². The minimum atomic E-state index is -0.105. The second-order valence-electron chi connectivity index (χ2n) is 4.17. The molecule has 1 aromatic rings. The third-order valence-electron chi connectivity index (χ3n) is 1.52. The van der Waals surface area contributed by atoms with Crippen LogP contribution in [0.1, 0.15) is 32.2 Å². The molecule has 0 aliphatic rings. The van der Waals surface area contributed by atoms with Gasteiger partial charge in [0, 0.05) is 5.54 Å². The highest BCUT2D eigenvalue weighted by Gasteiger charge is 2.13. The maximum atomic E-state index is 8.84. The van der Waals surface area contributed by atoms with Crippen molar-refractivity contribution in [3.8, 4) is 6.07 Å². The zero-order chi connectivity index (χ0) is 10.8. The fraction of sp³-hybridized carbons (Fsp3) is 0.500. The van der Waals surface area contributed by atoms with Crippen LogP contribution in [0.2, 0.25) is 0 Å². The van der Waals surface area contributed by atoms with E-state index in [-0.39, 0.29) is 5.54 Å². The molecule has 0 aliphatic heterocycles. The predicted octanol–water partition coefficient (Wildman–Crippen LogP) is 1.87. The van der Waals surface area contributed by atoms with Gasteiger partial charge in [-0.25, -0.2) is 9.97 Å². The summed E-state index contributed by atoms with van der Waals surface area (Å²) < 4.78 is 0. The van der Waals surface area contributed by atoms with Crippen LogP contribution < -0.4 is 5.32 Å². The summed E-state index contributed by atoms with van der Waals surface area (Å²) in [4.78, 5) is 8.15. The van der Waals surface area contributed by atoms with Gasteiger partial charge >= 0.3 is 0 Å². The molecule has 0 unspecified atom stereocenters. The maximum Gasteiger partial charge on any atom is 0.148 e. The topological polar surface area (TPSA) is 61.6 Å². The first-order valence-corrected chi connectivity index (χ1v) is 4.44. The van der Waals surface area contributed by atoms with E-state index in [4.69, 9.17) is 5.26 Å². The molecule has 0 amide bonds. The van der Waals surface area contributed by atoms with E-state index in [0.29, 0.717) is 17.2 Å². The van der Waals surface area contributed by atoms with Gasteiger partial charge in [0.15, 0.2) is 0 Å². The number of nitrogens with one attached hydrogen (secondary N) is 1. The summed E-state index contributed by atoms with van der Waals surface area (Å²) in [5.41, 5.74) is 0.373. The molecule has 1 heterocycles. The van der Waals surface area contributed by atoms with Gasteiger partial charge in [0.1, 0.15) is 23.3 Å². The molecule has 0 fully saturated rings. The molecule has 0 aromatic carbocycles. The van der Waals surface area contributed by atoms with Gasteiger partial charge in [0.05, 0.1) is 6.20 Å². The highest BCUT2D eigenvalue weighted by atomic mass is 15.1. The molecule has 0 saturated heterocycles. The Hall–Kier alpha value is -1.63. The molecule has 4 nitrogen and oxygen atoms in total. The third-order valence-corrected chi connectivity index (χ3v) is 1.52. The average Bonchev–Trinajstić information content (AvgIpc) is 2.01. The molecule has 1 N–H and O–H groups in total. The van der Waals surface area contributed by atoms with Crippen LogP contribution in [-0.2, 0) is 0 Å². The van der Waals surface area contributed by atoms with Gasteiger partial charge in [-0.05, 0) is 27.7 Å². The van der Waals surface area contributed by atoms with Crippen LogP contribution in [0.5, 0.6) is 0 Å². The standard InChI is InChI=1S/C10H14N4/c1-7-12-6-8(5-11)9(13-7)14-10(2,3)4/h6H,1-4H3,(H,12,13,14). The first-order chi connectivity index (χ1) is 6.42. The lowest BCUT2D eigenvalue weighted by Gasteiger charge is -2.21. The van der Waals surface area contributed by atoms with E-state index in [1.165, 1.54) is 6.20 Å².